The van der Waals surface area contributed by atoms with Crippen LogP contribution in [0, 0.1) is 20.8 Å². The van der Waals surface area contributed by atoms with Gasteiger partial charge < -0.3 is 15.3 Å². The highest BCUT2D eigenvalue weighted by atomic mass is 32.2. The molecular formula is C20H24N4O2S. The van der Waals surface area contributed by atoms with Crippen LogP contribution in [0.2, 0.25) is 0 Å². The molecule has 0 amide bonds. The number of nitrogens with zero attached hydrogens (tertiary/aromatic N) is 3. The third-order valence-electron chi connectivity index (χ3n) is 4.00. The lowest BCUT2D eigenvalue weighted by atomic mass is 10.1. The van der Waals surface area contributed by atoms with E-state index in [-0.39, 0.29) is 6.61 Å². The van der Waals surface area contributed by atoms with E-state index in [1.54, 1.807) is 0 Å². The van der Waals surface area contributed by atoms with Gasteiger partial charge in [-0.15, -0.1) is 10.2 Å². The molecule has 0 spiro atoms. The van der Waals surface area contributed by atoms with Crippen LogP contribution >= 0.6 is 11.8 Å². The van der Waals surface area contributed by atoms with E-state index in [1.807, 2.05) is 50.2 Å². The second kappa shape index (κ2) is 8.81. The number of ether oxygens (including phenoxy) is 2. The molecule has 1 aromatic heterocycles. The number of benzene rings is 2. The number of hydrogen-bond donors (Lipinski definition) is 1. The van der Waals surface area contributed by atoms with Gasteiger partial charge in [0, 0.05) is 5.75 Å². The second-order valence-corrected chi connectivity index (χ2v) is 7.40. The van der Waals surface area contributed by atoms with Crippen molar-refractivity contribution in [3.63, 3.8) is 0 Å². The zero-order valence-corrected chi connectivity index (χ0v) is 16.6. The van der Waals surface area contributed by atoms with Crippen LogP contribution < -0.4 is 15.3 Å². The quantitative estimate of drug-likeness (QED) is 0.363. The maximum Gasteiger partial charge on any atom is 0.210 e. The molecule has 1 heterocycles. The van der Waals surface area contributed by atoms with E-state index >= 15 is 0 Å². The van der Waals surface area contributed by atoms with E-state index in [0.717, 1.165) is 22.8 Å². The molecule has 27 heavy (non-hydrogen) atoms. The van der Waals surface area contributed by atoms with Crippen molar-refractivity contribution in [3.8, 4) is 11.5 Å². The summed E-state index contributed by atoms with van der Waals surface area (Å²) in [6.07, 6.45) is 0. The molecule has 0 atom stereocenters. The first-order chi connectivity index (χ1) is 13.0. The van der Waals surface area contributed by atoms with E-state index in [1.165, 1.54) is 27.6 Å². The summed E-state index contributed by atoms with van der Waals surface area (Å²) in [4.78, 5) is 0. The first-order valence-electron chi connectivity index (χ1n) is 8.74. The lowest BCUT2D eigenvalue weighted by Crippen LogP contribution is -2.16. The highest BCUT2D eigenvalue weighted by Gasteiger charge is 2.11. The number of aryl methyl sites for hydroxylation is 3. The van der Waals surface area contributed by atoms with Gasteiger partial charge in [-0.05, 0) is 50.1 Å². The van der Waals surface area contributed by atoms with Crippen molar-refractivity contribution in [2.75, 3.05) is 18.2 Å². The summed E-state index contributed by atoms with van der Waals surface area (Å²) in [6, 6.07) is 14.0. The maximum atomic E-state index is 6.09. The molecule has 3 aromatic rings. The van der Waals surface area contributed by atoms with Gasteiger partial charge in [-0.25, -0.2) is 4.68 Å². The molecule has 0 saturated carbocycles. The number of aromatic nitrogens is 3. The van der Waals surface area contributed by atoms with Gasteiger partial charge in [0.05, 0.1) is 6.61 Å². The fraction of sp³-hybridized carbons (Fsp3) is 0.300. The molecule has 2 N–H and O–H groups in total. The molecule has 0 aliphatic heterocycles. The highest BCUT2D eigenvalue weighted by Crippen LogP contribution is 2.21. The molecule has 7 heteroatoms. The van der Waals surface area contributed by atoms with Gasteiger partial charge in [0.25, 0.3) is 0 Å². The van der Waals surface area contributed by atoms with E-state index < -0.39 is 0 Å². The predicted octanol–water partition coefficient (Wildman–Crippen LogP) is 3.67. The molecule has 0 radical (unpaired) electrons. The van der Waals surface area contributed by atoms with Gasteiger partial charge >= 0.3 is 0 Å². The van der Waals surface area contributed by atoms with Crippen molar-refractivity contribution in [2.45, 2.75) is 32.5 Å². The summed E-state index contributed by atoms with van der Waals surface area (Å²) in [6.45, 7) is 6.95. The third-order valence-corrected chi connectivity index (χ3v) is 4.90. The monoisotopic (exact) mass is 384 g/mol. The number of nitrogens with two attached hydrogens (primary N) is 1. The van der Waals surface area contributed by atoms with Crippen molar-refractivity contribution in [1.29, 1.82) is 0 Å². The number of hydrogen-bond acceptors (Lipinski definition) is 6. The minimum Gasteiger partial charge on any atom is -0.493 e. The second-order valence-electron chi connectivity index (χ2n) is 6.34. The molecule has 2 aromatic carbocycles. The Bertz CT molecular complexity index is 911. The minimum atomic E-state index is 0.272. The zero-order valence-electron chi connectivity index (χ0n) is 15.8. The molecule has 0 aliphatic rings. The molecule has 142 valence electrons. The van der Waals surface area contributed by atoms with Crippen LogP contribution in [0.4, 0.5) is 0 Å². The van der Waals surface area contributed by atoms with Crippen LogP contribution in [0.5, 0.6) is 11.5 Å². The first kappa shape index (κ1) is 19.1. The standard InChI is InChI=1S/C20H24N4O2S/c1-14-5-4-6-17(12-14)25-9-10-27-20-23-22-19(24(20)21)13-26-18-8-7-15(2)11-16(18)3/h4-8,11-12H,9-10,13,21H2,1-3H3. The number of nitrogen functional groups attached to an aromatic ring is 1. The Labute approximate surface area is 163 Å². The summed E-state index contributed by atoms with van der Waals surface area (Å²) in [5, 5.41) is 8.91. The van der Waals surface area contributed by atoms with Crippen LogP contribution in [-0.4, -0.2) is 27.2 Å². The fourth-order valence-electron chi connectivity index (χ4n) is 2.61. The van der Waals surface area contributed by atoms with Crippen LogP contribution in [0.3, 0.4) is 0 Å². The maximum absolute atomic E-state index is 6.09. The summed E-state index contributed by atoms with van der Waals surface area (Å²) in [5.41, 5.74) is 3.46. The van der Waals surface area contributed by atoms with Crippen molar-refractivity contribution >= 4 is 11.8 Å². The van der Waals surface area contributed by atoms with Crippen molar-refractivity contribution in [3.05, 3.63) is 65.0 Å². The minimum absolute atomic E-state index is 0.272. The summed E-state index contributed by atoms with van der Waals surface area (Å²) in [5.74, 6) is 9.09. The van der Waals surface area contributed by atoms with Crippen LogP contribution in [0.15, 0.2) is 47.6 Å². The van der Waals surface area contributed by atoms with Crippen molar-refractivity contribution in [1.82, 2.24) is 14.9 Å². The van der Waals surface area contributed by atoms with Crippen LogP contribution in [-0.2, 0) is 6.61 Å². The van der Waals surface area contributed by atoms with Gasteiger partial charge in [0.15, 0.2) is 5.82 Å². The lowest BCUT2D eigenvalue weighted by molar-refractivity contribution is 0.289. The van der Waals surface area contributed by atoms with Gasteiger partial charge in [-0.1, -0.05) is 41.6 Å². The largest absolute Gasteiger partial charge is 0.493 e. The summed E-state index contributed by atoms with van der Waals surface area (Å²) in [7, 11) is 0. The van der Waals surface area contributed by atoms with Crippen molar-refractivity contribution < 1.29 is 9.47 Å². The average Bonchev–Trinajstić information content (AvgIpc) is 2.98. The lowest BCUT2D eigenvalue weighted by Gasteiger charge is -2.09. The Morgan fingerprint density at radius 1 is 1.00 bits per heavy atom. The predicted molar refractivity (Wildman–Crippen MR) is 108 cm³/mol. The molecule has 0 unspecified atom stereocenters. The zero-order chi connectivity index (χ0) is 19.2. The first-order valence-corrected chi connectivity index (χ1v) is 9.73. The van der Waals surface area contributed by atoms with Gasteiger partial charge in [0.1, 0.15) is 18.1 Å². The van der Waals surface area contributed by atoms with E-state index in [0.29, 0.717) is 17.6 Å². The van der Waals surface area contributed by atoms with E-state index in [2.05, 4.69) is 23.2 Å². The SMILES string of the molecule is Cc1cccc(OCCSc2nnc(COc3ccc(C)cc3C)n2N)c1. The Balaban J connectivity index is 1.49. The molecule has 3 rings (SSSR count). The molecule has 0 saturated heterocycles. The summed E-state index contributed by atoms with van der Waals surface area (Å²) < 4.78 is 13.0. The van der Waals surface area contributed by atoms with Crippen LogP contribution in [0.1, 0.15) is 22.5 Å². The Kier molecular flexibility index (Phi) is 6.24. The van der Waals surface area contributed by atoms with Gasteiger partial charge in [-0.3, -0.25) is 0 Å². The molecular weight excluding hydrogens is 360 g/mol. The highest BCUT2D eigenvalue weighted by molar-refractivity contribution is 7.99. The molecule has 0 bridgehead atoms. The topological polar surface area (TPSA) is 75.2 Å². The van der Waals surface area contributed by atoms with Crippen molar-refractivity contribution in [2.24, 2.45) is 0 Å². The Morgan fingerprint density at radius 3 is 2.59 bits per heavy atom. The van der Waals surface area contributed by atoms with E-state index in [4.69, 9.17) is 15.3 Å². The fourth-order valence-corrected chi connectivity index (χ4v) is 3.30. The summed E-state index contributed by atoms with van der Waals surface area (Å²) >= 11 is 1.50. The normalized spacial score (nSPS) is 10.8. The van der Waals surface area contributed by atoms with Gasteiger partial charge in [-0.2, -0.15) is 0 Å². The van der Waals surface area contributed by atoms with E-state index in [9.17, 15) is 0 Å². The number of rotatable bonds is 8. The molecule has 6 nitrogen and oxygen atoms in total. The molecule has 0 fully saturated rings. The molecule has 0 aliphatic carbocycles. The Hall–Kier alpha value is -2.67. The third kappa shape index (κ3) is 5.17. The average molecular weight is 385 g/mol. The number of thioether (sulfide) groups is 1. The van der Waals surface area contributed by atoms with Gasteiger partial charge in [0.2, 0.25) is 5.16 Å². The smallest absolute Gasteiger partial charge is 0.210 e. The van der Waals surface area contributed by atoms with Crippen LogP contribution in [0.25, 0.3) is 0 Å². The Morgan fingerprint density at radius 2 is 1.81 bits per heavy atom.